The molecule has 0 unspecified atom stereocenters. The fraction of sp³-hybridized carbons (Fsp3) is 0.917. The summed E-state index contributed by atoms with van der Waals surface area (Å²) in [6, 6.07) is 0. The minimum Gasteiger partial charge on any atom is -0.393 e. The molecular formula is C24H51NO7S. The molecule has 0 amide bonds. The highest BCUT2D eigenvalue weighted by Gasteiger charge is 2.09. The summed E-state index contributed by atoms with van der Waals surface area (Å²) >= 11 is 0. The second kappa shape index (κ2) is 27.2. The standard InChI is InChI=1S/C24H46O3.H3N.H2O4S/c1-3-5-7-9-11-13-15-17-19-21-23(25)27-24(26)22-20-18-16-14-12-10-8-6-4-2;;1-5(2,3)4/h3-22H2,1-2H3;1H3;(H2,1,2,3,4). The predicted molar refractivity (Wildman–Crippen MR) is 134 cm³/mol. The van der Waals surface area contributed by atoms with Crippen LogP contribution in [0.1, 0.15) is 142 Å². The quantitative estimate of drug-likeness (QED) is 0.0680. The zero-order chi connectivity index (χ0) is 24.5. The predicted octanol–water partition coefficient (Wildman–Crippen LogP) is 7.41. The van der Waals surface area contributed by atoms with Crippen LogP contribution in [0.4, 0.5) is 0 Å². The monoisotopic (exact) mass is 497 g/mol. The van der Waals surface area contributed by atoms with Gasteiger partial charge in [0.25, 0.3) is 0 Å². The molecule has 5 N–H and O–H groups in total. The molecule has 0 heterocycles. The molecule has 8 nitrogen and oxygen atoms in total. The summed E-state index contributed by atoms with van der Waals surface area (Å²) in [6.45, 7) is 4.47. The zero-order valence-corrected chi connectivity index (χ0v) is 22.0. The van der Waals surface area contributed by atoms with E-state index >= 15 is 0 Å². The van der Waals surface area contributed by atoms with Gasteiger partial charge in [-0.1, -0.05) is 117 Å². The topological polar surface area (TPSA) is 153 Å². The van der Waals surface area contributed by atoms with Gasteiger partial charge in [-0.2, -0.15) is 8.42 Å². The maximum absolute atomic E-state index is 11.7. The Morgan fingerprint density at radius 1 is 0.545 bits per heavy atom. The van der Waals surface area contributed by atoms with Gasteiger partial charge in [0.05, 0.1) is 0 Å². The van der Waals surface area contributed by atoms with Gasteiger partial charge in [-0.15, -0.1) is 0 Å². The molecular weight excluding hydrogens is 446 g/mol. The average Bonchev–Trinajstić information content (AvgIpc) is 2.70. The molecule has 0 saturated heterocycles. The molecule has 0 atom stereocenters. The van der Waals surface area contributed by atoms with Gasteiger partial charge < -0.3 is 10.9 Å². The second-order valence-corrected chi connectivity index (χ2v) is 9.35. The molecule has 0 radical (unpaired) electrons. The third-order valence-electron chi connectivity index (χ3n) is 5.20. The van der Waals surface area contributed by atoms with Crippen molar-refractivity contribution in [1.29, 1.82) is 0 Å². The number of esters is 2. The Bertz CT molecular complexity index is 499. The van der Waals surface area contributed by atoms with E-state index in [9.17, 15) is 9.59 Å². The van der Waals surface area contributed by atoms with Gasteiger partial charge >= 0.3 is 22.3 Å². The molecule has 0 saturated carbocycles. The summed E-state index contributed by atoms with van der Waals surface area (Å²) in [4.78, 5) is 23.4. The van der Waals surface area contributed by atoms with Crippen LogP contribution in [0, 0.1) is 0 Å². The maximum atomic E-state index is 11.7. The van der Waals surface area contributed by atoms with Crippen LogP contribution < -0.4 is 6.15 Å². The number of carbonyl (C=O) groups excluding carboxylic acids is 2. The van der Waals surface area contributed by atoms with E-state index in [4.69, 9.17) is 22.3 Å². The molecule has 0 aliphatic rings. The summed E-state index contributed by atoms with van der Waals surface area (Å²) in [5.74, 6) is -0.669. The first-order valence-corrected chi connectivity index (χ1v) is 14.0. The van der Waals surface area contributed by atoms with E-state index in [0.29, 0.717) is 12.8 Å². The highest BCUT2D eigenvalue weighted by atomic mass is 32.3. The van der Waals surface area contributed by atoms with Crippen LogP contribution in [-0.2, 0) is 24.7 Å². The van der Waals surface area contributed by atoms with Crippen molar-refractivity contribution < 1.29 is 31.8 Å². The summed E-state index contributed by atoms with van der Waals surface area (Å²) in [7, 11) is -4.67. The Morgan fingerprint density at radius 3 is 1.00 bits per heavy atom. The van der Waals surface area contributed by atoms with Crippen LogP contribution >= 0.6 is 0 Å². The van der Waals surface area contributed by atoms with Crippen molar-refractivity contribution in [3.05, 3.63) is 0 Å². The van der Waals surface area contributed by atoms with Crippen molar-refractivity contribution in [2.75, 3.05) is 0 Å². The molecule has 0 fully saturated rings. The highest BCUT2D eigenvalue weighted by Crippen LogP contribution is 2.12. The Balaban J connectivity index is -0.00000134. The smallest absolute Gasteiger partial charge is 0.393 e. The van der Waals surface area contributed by atoms with Crippen molar-refractivity contribution in [3.8, 4) is 0 Å². The van der Waals surface area contributed by atoms with E-state index in [1.165, 1.54) is 89.9 Å². The minimum absolute atomic E-state index is 0. The molecule has 0 aromatic carbocycles. The van der Waals surface area contributed by atoms with Crippen molar-refractivity contribution in [3.63, 3.8) is 0 Å². The van der Waals surface area contributed by atoms with Gasteiger partial charge in [0.2, 0.25) is 0 Å². The van der Waals surface area contributed by atoms with E-state index in [1.807, 2.05) is 0 Å². The Kier molecular flexibility index (Phi) is 30.1. The maximum Gasteiger partial charge on any atom is 0.394 e. The van der Waals surface area contributed by atoms with Crippen LogP contribution in [0.5, 0.6) is 0 Å². The number of carbonyl (C=O) groups is 2. The Hall–Kier alpha value is -1.03. The van der Waals surface area contributed by atoms with Crippen molar-refractivity contribution in [1.82, 2.24) is 6.15 Å². The average molecular weight is 498 g/mol. The fourth-order valence-corrected chi connectivity index (χ4v) is 3.39. The number of hydrogen-bond donors (Lipinski definition) is 3. The van der Waals surface area contributed by atoms with Gasteiger partial charge in [-0.3, -0.25) is 18.7 Å². The molecule has 0 spiro atoms. The summed E-state index contributed by atoms with van der Waals surface area (Å²) in [6.07, 6.45) is 22.8. The van der Waals surface area contributed by atoms with Crippen LogP contribution in [0.25, 0.3) is 0 Å². The first kappa shape index (κ1) is 36.5. The van der Waals surface area contributed by atoms with Gasteiger partial charge in [-0.25, -0.2) is 0 Å². The SMILES string of the molecule is CCCCCCCCCCCC(=O)OC(=O)CCCCCCCCCCC.N.O=S(=O)(O)O. The lowest BCUT2D eigenvalue weighted by molar-refractivity contribution is -0.159. The minimum atomic E-state index is -4.67. The highest BCUT2D eigenvalue weighted by molar-refractivity contribution is 7.79. The van der Waals surface area contributed by atoms with E-state index in [0.717, 1.165) is 25.7 Å². The van der Waals surface area contributed by atoms with Crippen LogP contribution in [0.15, 0.2) is 0 Å². The molecule has 200 valence electrons. The first-order valence-electron chi connectivity index (χ1n) is 12.6. The fourth-order valence-electron chi connectivity index (χ4n) is 3.39. The normalized spacial score (nSPS) is 10.7. The number of ether oxygens (including phenoxy) is 1. The summed E-state index contributed by atoms with van der Waals surface area (Å²) in [5, 5.41) is 0. The second-order valence-electron chi connectivity index (χ2n) is 8.45. The molecule has 0 aromatic heterocycles. The van der Waals surface area contributed by atoms with Gasteiger partial charge in [-0.05, 0) is 12.8 Å². The molecule has 9 heteroatoms. The van der Waals surface area contributed by atoms with Crippen molar-refractivity contribution in [2.24, 2.45) is 0 Å². The molecule has 0 rings (SSSR count). The Morgan fingerprint density at radius 2 is 0.758 bits per heavy atom. The lowest BCUT2D eigenvalue weighted by atomic mass is 10.1. The molecule has 0 aliphatic heterocycles. The molecule has 0 aliphatic carbocycles. The van der Waals surface area contributed by atoms with Crippen LogP contribution in [0.3, 0.4) is 0 Å². The van der Waals surface area contributed by atoms with Gasteiger partial charge in [0.15, 0.2) is 0 Å². The third kappa shape index (κ3) is 41.7. The van der Waals surface area contributed by atoms with Crippen molar-refractivity contribution in [2.45, 2.75) is 142 Å². The number of unbranched alkanes of at least 4 members (excludes halogenated alkanes) is 16. The number of rotatable bonds is 20. The lowest BCUT2D eigenvalue weighted by Gasteiger charge is -2.04. The molecule has 33 heavy (non-hydrogen) atoms. The van der Waals surface area contributed by atoms with Crippen LogP contribution in [0.2, 0.25) is 0 Å². The van der Waals surface area contributed by atoms with Crippen molar-refractivity contribution >= 4 is 22.3 Å². The molecule has 0 bridgehead atoms. The van der Waals surface area contributed by atoms with E-state index in [-0.39, 0.29) is 18.1 Å². The summed E-state index contributed by atoms with van der Waals surface area (Å²) < 4.78 is 36.5. The third-order valence-corrected chi connectivity index (χ3v) is 5.20. The lowest BCUT2D eigenvalue weighted by Crippen LogP contribution is -2.11. The molecule has 0 aromatic rings. The largest absolute Gasteiger partial charge is 0.394 e. The van der Waals surface area contributed by atoms with Gasteiger partial charge in [0.1, 0.15) is 0 Å². The van der Waals surface area contributed by atoms with E-state index in [2.05, 4.69) is 13.8 Å². The Labute approximate surface area is 202 Å². The van der Waals surface area contributed by atoms with E-state index in [1.54, 1.807) is 0 Å². The zero-order valence-electron chi connectivity index (χ0n) is 21.2. The van der Waals surface area contributed by atoms with E-state index < -0.39 is 10.4 Å². The summed E-state index contributed by atoms with van der Waals surface area (Å²) in [5.41, 5.74) is 0. The van der Waals surface area contributed by atoms with Gasteiger partial charge in [0, 0.05) is 12.8 Å². The first-order chi connectivity index (χ1) is 15.2. The number of hydrogen-bond acceptors (Lipinski definition) is 6. The van der Waals surface area contributed by atoms with Crippen LogP contribution in [-0.4, -0.2) is 29.5 Å².